The fourth-order valence-electron chi connectivity index (χ4n) is 1.00. The summed E-state index contributed by atoms with van der Waals surface area (Å²) in [5.41, 5.74) is 0. The van der Waals surface area contributed by atoms with Crippen LogP contribution in [0.2, 0.25) is 6.04 Å². The molecule has 0 atom stereocenters. The van der Waals surface area contributed by atoms with Crippen molar-refractivity contribution in [3.63, 3.8) is 0 Å². The molecule has 0 fully saturated rings. The normalized spacial score (nSPS) is 11.6. The number of hydrogen-bond donors (Lipinski definition) is 0. The van der Waals surface area contributed by atoms with Crippen molar-refractivity contribution in [1.82, 2.24) is 10.3 Å². The van der Waals surface area contributed by atoms with Crippen LogP contribution in [0.3, 0.4) is 0 Å². The highest BCUT2D eigenvalue weighted by atomic mass is 28.1. The third-order valence-electron chi connectivity index (χ3n) is 1.78. The molecule has 5 nitrogen and oxygen atoms in total. The highest BCUT2D eigenvalue weighted by Crippen LogP contribution is 1.96. The highest BCUT2D eigenvalue weighted by Gasteiger charge is 2.06. The van der Waals surface area contributed by atoms with Gasteiger partial charge in [-0.15, -0.1) is 0 Å². The van der Waals surface area contributed by atoms with E-state index in [1.807, 2.05) is 5.06 Å². The Balaban J connectivity index is 3.59. The van der Waals surface area contributed by atoms with E-state index in [0.29, 0.717) is 6.54 Å². The summed E-state index contributed by atoms with van der Waals surface area (Å²) in [6.45, 7) is 2.27. The van der Waals surface area contributed by atoms with Crippen LogP contribution in [0.25, 0.3) is 0 Å². The second-order valence-corrected chi connectivity index (χ2v) is 3.14. The van der Waals surface area contributed by atoms with E-state index in [4.69, 9.17) is 14.5 Å². The molecular weight excluding hydrogens is 200 g/mol. The average Bonchev–Trinajstić information content (AvgIpc) is 2.23. The van der Waals surface area contributed by atoms with Gasteiger partial charge in [0.1, 0.15) is 0 Å². The zero-order valence-electron chi connectivity index (χ0n) is 9.15. The lowest BCUT2D eigenvalue weighted by molar-refractivity contribution is -0.346. The molecule has 3 radical (unpaired) electrons. The Kier molecular flexibility index (Phi) is 9.58. The minimum absolute atomic E-state index is 0.641. The first-order chi connectivity index (χ1) is 6.78. The molecule has 0 amide bonds. The molecule has 0 saturated heterocycles. The summed E-state index contributed by atoms with van der Waals surface area (Å²) in [4.78, 5) is 15.0. The molecule has 14 heavy (non-hydrogen) atoms. The molecule has 0 aromatic heterocycles. The van der Waals surface area contributed by atoms with Crippen LogP contribution in [0, 0.1) is 0 Å². The van der Waals surface area contributed by atoms with E-state index in [1.165, 1.54) is 5.23 Å². The Morgan fingerprint density at radius 3 is 2.00 bits per heavy atom. The number of rotatable bonds is 9. The Hall–Kier alpha value is 0.0169. The summed E-state index contributed by atoms with van der Waals surface area (Å²) >= 11 is 0. The maximum Gasteiger partial charge on any atom is 0.0667 e. The molecule has 0 spiro atoms. The Morgan fingerprint density at radius 1 is 0.929 bits per heavy atom. The van der Waals surface area contributed by atoms with E-state index in [2.05, 4.69) is 10.2 Å². The molecule has 0 rings (SSSR count). The van der Waals surface area contributed by atoms with Crippen LogP contribution in [0.1, 0.15) is 6.42 Å². The Labute approximate surface area is 89.2 Å². The standard InChI is InChI=1S/C8H19N2O3Si/c1-11-9(5-4-8-14)6-7-10(12-2)13-3/h4-8H2,1-3H3. The molecule has 0 bridgehead atoms. The van der Waals surface area contributed by atoms with Crippen LogP contribution >= 0.6 is 0 Å². The van der Waals surface area contributed by atoms with E-state index in [1.54, 1.807) is 21.3 Å². The van der Waals surface area contributed by atoms with Crippen molar-refractivity contribution >= 4 is 10.2 Å². The van der Waals surface area contributed by atoms with Gasteiger partial charge in [0.05, 0.1) is 27.9 Å². The molecule has 83 valence electrons. The van der Waals surface area contributed by atoms with Crippen LogP contribution in [0.15, 0.2) is 0 Å². The van der Waals surface area contributed by atoms with Crippen LogP contribution < -0.4 is 0 Å². The molecule has 0 aromatic rings. The van der Waals surface area contributed by atoms with Crippen LogP contribution in [-0.4, -0.2) is 61.5 Å². The summed E-state index contributed by atoms with van der Waals surface area (Å²) in [5.74, 6) is 0. The third kappa shape index (κ3) is 6.47. The predicted octanol–water partition coefficient (Wildman–Crippen LogP) is 0.251. The van der Waals surface area contributed by atoms with Gasteiger partial charge in [0, 0.05) is 23.3 Å². The van der Waals surface area contributed by atoms with Crippen molar-refractivity contribution in [2.45, 2.75) is 12.5 Å². The van der Waals surface area contributed by atoms with Gasteiger partial charge >= 0.3 is 0 Å². The molecule has 0 aliphatic carbocycles. The van der Waals surface area contributed by atoms with Gasteiger partial charge in [-0.2, -0.15) is 5.06 Å². The van der Waals surface area contributed by atoms with Gasteiger partial charge in [0.2, 0.25) is 0 Å². The van der Waals surface area contributed by atoms with Gasteiger partial charge in [-0.1, -0.05) is 11.3 Å². The van der Waals surface area contributed by atoms with E-state index in [9.17, 15) is 0 Å². The SMILES string of the molecule is CON(CCC[Si])CCN(OC)OC. The molecule has 0 aliphatic rings. The smallest absolute Gasteiger partial charge is 0.0667 e. The van der Waals surface area contributed by atoms with E-state index < -0.39 is 0 Å². The summed E-state index contributed by atoms with van der Waals surface area (Å²) < 4.78 is 0. The third-order valence-corrected chi connectivity index (χ3v) is 2.14. The molecule has 0 aromatic carbocycles. The van der Waals surface area contributed by atoms with Crippen molar-refractivity contribution in [1.29, 1.82) is 0 Å². The fourth-order valence-corrected chi connectivity index (χ4v) is 1.16. The second-order valence-electron chi connectivity index (χ2n) is 2.64. The molecule has 0 heterocycles. The first kappa shape index (κ1) is 14.0. The van der Waals surface area contributed by atoms with Gasteiger partial charge in [-0.25, -0.2) is 0 Å². The number of nitrogens with zero attached hydrogens (tertiary/aromatic N) is 2. The summed E-state index contributed by atoms with van der Waals surface area (Å²) in [7, 11) is 8.22. The first-order valence-corrected chi connectivity index (χ1v) is 5.28. The van der Waals surface area contributed by atoms with Crippen LogP contribution in [-0.2, 0) is 14.5 Å². The topological polar surface area (TPSA) is 34.2 Å². The second kappa shape index (κ2) is 9.57. The minimum Gasteiger partial charge on any atom is -0.302 e. The monoisotopic (exact) mass is 219 g/mol. The van der Waals surface area contributed by atoms with E-state index in [0.717, 1.165) is 25.6 Å². The lowest BCUT2D eigenvalue weighted by atomic mass is 10.4. The lowest BCUT2D eigenvalue weighted by Gasteiger charge is -2.22. The largest absolute Gasteiger partial charge is 0.302 e. The van der Waals surface area contributed by atoms with Crippen molar-refractivity contribution < 1.29 is 14.5 Å². The highest BCUT2D eigenvalue weighted by molar-refractivity contribution is 6.08. The summed E-state index contributed by atoms with van der Waals surface area (Å²) in [6.07, 6.45) is 1.05. The average molecular weight is 219 g/mol. The zero-order valence-corrected chi connectivity index (χ0v) is 10.2. The molecule has 0 N–H and O–H groups in total. The van der Waals surface area contributed by atoms with Gasteiger partial charge in [-0.3, -0.25) is 9.68 Å². The van der Waals surface area contributed by atoms with Crippen LogP contribution in [0.5, 0.6) is 0 Å². The van der Waals surface area contributed by atoms with Gasteiger partial charge < -0.3 is 4.84 Å². The van der Waals surface area contributed by atoms with E-state index in [-0.39, 0.29) is 0 Å². The number of hydrogen-bond acceptors (Lipinski definition) is 5. The minimum atomic E-state index is 0.641. The quantitative estimate of drug-likeness (QED) is 0.410. The maximum atomic E-state index is 5.17. The lowest BCUT2D eigenvalue weighted by Crippen LogP contribution is -2.34. The van der Waals surface area contributed by atoms with E-state index >= 15 is 0 Å². The zero-order chi connectivity index (χ0) is 10.8. The van der Waals surface area contributed by atoms with Crippen molar-refractivity contribution in [2.24, 2.45) is 0 Å². The molecule has 6 heteroatoms. The fraction of sp³-hybridized carbons (Fsp3) is 1.00. The van der Waals surface area contributed by atoms with Crippen molar-refractivity contribution in [2.75, 3.05) is 41.0 Å². The molecular formula is C8H19N2O3Si. The van der Waals surface area contributed by atoms with Crippen molar-refractivity contribution in [3.05, 3.63) is 0 Å². The predicted molar refractivity (Wildman–Crippen MR) is 54.5 cm³/mol. The Bertz CT molecular complexity index is 125. The Morgan fingerprint density at radius 2 is 1.57 bits per heavy atom. The summed E-state index contributed by atoms with van der Waals surface area (Å²) in [6, 6.07) is 0.970. The van der Waals surface area contributed by atoms with Gasteiger partial charge in [0.25, 0.3) is 0 Å². The molecule has 0 aliphatic heterocycles. The van der Waals surface area contributed by atoms with Crippen molar-refractivity contribution in [3.8, 4) is 0 Å². The van der Waals surface area contributed by atoms with Gasteiger partial charge in [0.15, 0.2) is 0 Å². The summed E-state index contributed by atoms with van der Waals surface area (Å²) in [5, 5.41) is 3.27. The molecule has 0 saturated carbocycles. The van der Waals surface area contributed by atoms with Gasteiger partial charge in [-0.05, 0) is 6.42 Å². The molecule has 0 unspecified atom stereocenters. The maximum absolute atomic E-state index is 5.17. The first-order valence-electron chi connectivity index (χ1n) is 4.57. The number of hydroxylamine groups is 4. The van der Waals surface area contributed by atoms with Crippen LogP contribution in [0.4, 0.5) is 0 Å².